The highest BCUT2D eigenvalue weighted by molar-refractivity contribution is 6.30. The fraction of sp³-hybridized carbons (Fsp3) is 0.647. The zero-order chi connectivity index (χ0) is 13.5. The van der Waals surface area contributed by atoms with Crippen molar-refractivity contribution in [3.63, 3.8) is 0 Å². The van der Waals surface area contributed by atoms with Crippen LogP contribution >= 0.6 is 11.6 Å². The van der Waals surface area contributed by atoms with Crippen LogP contribution in [0.1, 0.15) is 44.6 Å². The molecule has 0 aliphatic heterocycles. The van der Waals surface area contributed by atoms with E-state index in [0.29, 0.717) is 0 Å². The molecule has 1 saturated carbocycles. The Morgan fingerprint density at radius 3 is 2.53 bits per heavy atom. The number of hydrogen-bond acceptors (Lipinski definition) is 1. The third kappa shape index (κ3) is 4.81. The van der Waals surface area contributed by atoms with Crippen LogP contribution in [0, 0.1) is 11.8 Å². The van der Waals surface area contributed by atoms with Gasteiger partial charge in [0.2, 0.25) is 0 Å². The predicted molar refractivity (Wildman–Crippen MR) is 83.8 cm³/mol. The molecule has 2 heteroatoms. The molecule has 1 aliphatic carbocycles. The van der Waals surface area contributed by atoms with E-state index in [-0.39, 0.29) is 0 Å². The average Bonchev–Trinajstić information content (AvgIpc) is 2.94. The Morgan fingerprint density at radius 1 is 1.21 bits per heavy atom. The minimum atomic E-state index is 0.787. The smallest absolute Gasteiger partial charge is 0.0406 e. The van der Waals surface area contributed by atoms with Crippen molar-refractivity contribution >= 4 is 11.6 Å². The van der Waals surface area contributed by atoms with E-state index in [1.807, 2.05) is 12.1 Å². The van der Waals surface area contributed by atoms with Gasteiger partial charge < -0.3 is 5.32 Å². The highest BCUT2D eigenvalue weighted by atomic mass is 35.5. The van der Waals surface area contributed by atoms with Crippen LogP contribution in [-0.2, 0) is 6.42 Å². The third-order valence-electron chi connectivity index (χ3n) is 4.31. The molecule has 0 amide bonds. The Labute approximate surface area is 122 Å². The zero-order valence-electron chi connectivity index (χ0n) is 12.0. The topological polar surface area (TPSA) is 12.0 Å². The molecule has 1 aromatic rings. The fourth-order valence-electron chi connectivity index (χ4n) is 3.22. The van der Waals surface area contributed by atoms with Crippen LogP contribution in [-0.4, -0.2) is 13.1 Å². The predicted octanol–water partition coefficient (Wildman–Crippen LogP) is 4.69. The first-order valence-electron chi connectivity index (χ1n) is 7.74. The van der Waals surface area contributed by atoms with Crippen molar-refractivity contribution in [2.24, 2.45) is 11.8 Å². The minimum Gasteiger partial charge on any atom is -0.316 e. The van der Waals surface area contributed by atoms with E-state index in [4.69, 9.17) is 11.6 Å². The van der Waals surface area contributed by atoms with Gasteiger partial charge in [-0.3, -0.25) is 0 Å². The van der Waals surface area contributed by atoms with E-state index in [9.17, 15) is 0 Å². The Hall–Kier alpha value is -0.530. The van der Waals surface area contributed by atoms with Gasteiger partial charge in [0.05, 0.1) is 0 Å². The van der Waals surface area contributed by atoms with Gasteiger partial charge in [0.15, 0.2) is 0 Å². The highest BCUT2D eigenvalue weighted by Crippen LogP contribution is 2.33. The quantitative estimate of drug-likeness (QED) is 0.714. The molecule has 19 heavy (non-hydrogen) atoms. The normalized spacial score (nSPS) is 17.8. The summed E-state index contributed by atoms with van der Waals surface area (Å²) in [6.07, 6.45) is 8.11. The maximum atomic E-state index is 5.97. The summed E-state index contributed by atoms with van der Waals surface area (Å²) in [7, 11) is 0. The molecule has 0 heterocycles. The molecule has 0 spiro atoms. The van der Waals surface area contributed by atoms with E-state index in [0.717, 1.165) is 23.4 Å². The molecule has 1 aromatic carbocycles. The molecule has 1 fully saturated rings. The van der Waals surface area contributed by atoms with Crippen LogP contribution in [0.3, 0.4) is 0 Å². The molecule has 0 radical (unpaired) electrons. The average molecular weight is 280 g/mol. The van der Waals surface area contributed by atoms with Crippen molar-refractivity contribution in [1.82, 2.24) is 5.32 Å². The van der Waals surface area contributed by atoms with Crippen LogP contribution in [0.5, 0.6) is 0 Å². The number of rotatable bonds is 7. The monoisotopic (exact) mass is 279 g/mol. The lowest BCUT2D eigenvalue weighted by Crippen LogP contribution is -2.29. The molecule has 1 unspecified atom stereocenters. The summed E-state index contributed by atoms with van der Waals surface area (Å²) in [5.74, 6) is 1.70. The van der Waals surface area contributed by atoms with Crippen molar-refractivity contribution in [1.29, 1.82) is 0 Å². The van der Waals surface area contributed by atoms with Crippen molar-refractivity contribution in [2.75, 3.05) is 13.1 Å². The van der Waals surface area contributed by atoms with Gasteiger partial charge in [0.1, 0.15) is 0 Å². The number of halogens is 1. The van der Waals surface area contributed by atoms with Gasteiger partial charge in [-0.15, -0.1) is 0 Å². The summed E-state index contributed by atoms with van der Waals surface area (Å²) < 4.78 is 0. The molecular weight excluding hydrogens is 254 g/mol. The molecule has 1 nitrogen and oxygen atoms in total. The van der Waals surface area contributed by atoms with Gasteiger partial charge in [-0.05, 0) is 55.5 Å². The van der Waals surface area contributed by atoms with Gasteiger partial charge >= 0.3 is 0 Å². The standard InChI is InChI=1S/C17H26ClN/c1-2-11-19-13-16(15-5-3-4-6-15)12-14-7-9-17(18)10-8-14/h7-10,15-16,19H,2-6,11-13H2,1H3. The number of benzene rings is 1. The van der Waals surface area contributed by atoms with E-state index < -0.39 is 0 Å². The molecule has 0 aromatic heterocycles. The van der Waals surface area contributed by atoms with Crippen LogP contribution in [0.4, 0.5) is 0 Å². The van der Waals surface area contributed by atoms with Crippen LogP contribution < -0.4 is 5.32 Å². The van der Waals surface area contributed by atoms with E-state index in [1.165, 1.54) is 50.6 Å². The number of nitrogens with one attached hydrogen (secondary N) is 1. The van der Waals surface area contributed by atoms with Crippen LogP contribution in [0.15, 0.2) is 24.3 Å². The maximum Gasteiger partial charge on any atom is 0.0406 e. The van der Waals surface area contributed by atoms with Crippen molar-refractivity contribution in [2.45, 2.75) is 45.4 Å². The molecule has 106 valence electrons. The zero-order valence-corrected chi connectivity index (χ0v) is 12.8. The Morgan fingerprint density at radius 2 is 1.89 bits per heavy atom. The van der Waals surface area contributed by atoms with Gasteiger partial charge in [-0.25, -0.2) is 0 Å². The van der Waals surface area contributed by atoms with Gasteiger partial charge in [-0.2, -0.15) is 0 Å². The van der Waals surface area contributed by atoms with Gasteiger partial charge in [0, 0.05) is 5.02 Å². The molecular formula is C17H26ClN. The summed E-state index contributed by atoms with van der Waals surface area (Å²) in [5.41, 5.74) is 1.43. The Bertz CT molecular complexity index is 354. The lowest BCUT2D eigenvalue weighted by atomic mass is 9.85. The SMILES string of the molecule is CCCNCC(Cc1ccc(Cl)cc1)C1CCCC1. The minimum absolute atomic E-state index is 0.787. The second-order valence-electron chi connectivity index (χ2n) is 5.84. The van der Waals surface area contributed by atoms with E-state index in [1.54, 1.807) is 0 Å². The van der Waals surface area contributed by atoms with E-state index >= 15 is 0 Å². The first kappa shape index (κ1) is 14.9. The largest absolute Gasteiger partial charge is 0.316 e. The second kappa shape index (κ2) is 7.91. The lowest BCUT2D eigenvalue weighted by Gasteiger charge is -2.24. The lowest BCUT2D eigenvalue weighted by molar-refractivity contribution is 0.321. The molecule has 0 saturated heterocycles. The number of hydrogen-bond donors (Lipinski definition) is 1. The Kier molecular flexibility index (Phi) is 6.19. The first-order chi connectivity index (χ1) is 9.29. The van der Waals surface area contributed by atoms with Gasteiger partial charge in [0.25, 0.3) is 0 Å². The summed E-state index contributed by atoms with van der Waals surface area (Å²) in [5, 5.41) is 4.46. The van der Waals surface area contributed by atoms with Crippen LogP contribution in [0.25, 0.3) is 0 Å². The summed E-state index contributed by atoms with van der Waals surface area (Å²) in [4.78, 5) is 0. The summed E-state index contributed by atoms with van der Waals surface area (Å²) in [6.45, 7) is 4.54. The molecule has 1 atom stereocenters. The molecule has 2 rings (SSSR count). The fourth-order valence-corrected chi connectivity index (χ4v) is 3.35. The second-order valence-corrected chi connectivity index (χ2v) is 6.28. The van der Waals surface area contributed by atoms with Crippen LogP contribution in [0.2, 0.25) is 5.02 Å². The molecule has 1 aliphatic rings. The summed E-state index contributed by atoms with van der Waals surface area (Å²) >= 11 is 5.97. The highest BCUT2D eigenvalue weighted by Gasteiger charge is 2.24. The van der Waals surface area contributed by atoms with Crippen molar-refractivity contribution in [3.8, 4) is 0 Å². The summed E-state index contributed by atoms with van der Waals surface area (Å²) in [6, 6.07) is 8.40. The van der Waals surface area contributed by atoms with Crippen molar-refractivity contribution < 1.29 is 0 Å². The van der Waals surface area contributed by atoms with E-state index in [2.05, 4.69) is 24.4 Å². The molecule has 1 N–H and O–H groups in total. The molecule has 0 bridgehead atoms. The van der Waals surface area contributed by atoms with Gasteiger partial charge in [-0.1, -0.05) is 56.3 Å². The third-order valence-corrected chi connectivity index (χ3v) is 4.56. The van der Waals surface area contributed by atoms with Crippen molar-refractivity contribution in [3.05, 3.63) is 34.9 Å². The first-order valence-corrected chi connectivity index (χ1v) is 8.12. The Balaban J connectivity index is 1.93. The maximum absolute atomic E-state index is 5.97.